The molecule has 14 heavy (non-hydrogen) atoms. The molecule has 0 saturated carbocycles. The number of rotatable bonds is 6. The fourth-order valence-electron chi connectivity index (χ4n) is 0.987. The molecule has 0 saturated heterocycles. The highest BCUT2D eigenvalue weighted by atomic mass is 16.4. The molecule has 7 nitrogen and oxygen atoms in total. The molecule has 82 valence electrons. The molecule has 2 amide bonds. The number of hydrogen-bond acceptors (Lipinski definition) is 4. The summed E-state index contributed by atoms with van der Waals surface area (Å²) >= 11 is 0. The summed E-state index contributed by atoms with van der Waals surface area (Å²) < 4.78 is 0. The van der Waals surface area contributed by atoms with Gasteiger partial charge in [-0.1, -0.05) is 0 Å². The van der Waals surface area contributed by atoms with Gasteiger partial charge in [0.1, 0.15) is 6.04 Å². The highest BCUT2D eigenvalue weighted by Gasteiger charge is 2.17. The van der Waals surface area contributed by atoms with Crippen LogP contribution in [0.3, 0.4) is 0 Å². The summed E-state index contributed by atoms with van der Waals surface area (Å²) in [5.41, 5.74) is 15.3. The number of hydrogen-bond donors (Lipinski definition) is 5. The van der Waals surface area contributed by atoms with Crippen LogP contribution in [0, 0.1) is 0 Å². The van der Waals surface area contributed by atoms with E-state index in [0.29, 0.717) is 12.8 Å². The van der Waals surface area contributed by atoms with Crippen molar-refractivity contribution in [3.05, 3.63) is 0 Å². The highest BCUT2D eigenvalue weighted by Crippen LogP contribution is 2.01. The topological polar surface area (TPSA) is 144 Å². The van der Waals surface area contributed by atoms with Gasteiger partial charge in [0.05, 0.1) is 6.17 Å². The zero-order valence-electron chi connectivity index (χ0n) is 7.77. The Balaban J connectivity index is 3.86. The van der Waals surface area contributed by atoms with E-state index in [0.717, 1.165) is 0 Å². The van der Waals surface area contributed by atoms with Crippen LogP contribution >= 0.6 is 0 Å². The van der Waals surface area contributed by atoms with Crippen LogP contribution in [0.1, 0.15) is 19.3 Å². The van der Waals surface area contributed by atoms with E-state index in [2.05, 4.69) is 5.32 Å². The second kappa shape index (κ2) is 6.17. The average Bonchev–Trinajstić information content (AvgIpc) is 2.00. The number of nitrogens with one attached hydrogen (secondary N) is 1. The summed E-state index contributed by atoms with van der Waals surface area (Å²) in [6, 6.07) is -1.82. The maximum Gasteiger partial charge on any atom is 0.326 e. The Morgan fingerprint density at radius 1 is 1.29 bits per heavy atom. The fourth-order valence-corrected chi connectivity index (χ4v) is 0.987. The van der Waals surface area contributed by atoms with E-state index in [1.54, 1.807) is 0 Å². The minimum Gasteiger partial charge on any atom is -0.480 e. The first-order chi connectivity index (χ1) is 6.43. The molecule has 8 N–H and O–H groups in total. The molecule has 0 aliphatic carbocycles. The molecular formula is C7H16N4O3. The third-order valence-electron chi connectivity index (χ3n) is 1.64. The Bertz CT molecular complexity index is 207. The maximum absolute atomic E-state index is 10.6. The predicted molar refractivity (Wildman–Crippen MR) is 50.2 cm³/mol. The SMILES string of the molecule is NC(=O)N[C@@H](CCCC(N)N)C(=O)O. The Labute approximate surface area is 81.6 Å². The van der Waals surface area contributed by atoms with Gasteiger partial charge in [0, 0.05) is 0 Å². The number of amides is 2. The van der Waals surface area contributed by atoms with Crippen molar-refractivity contribution >= 4 is 12.0 Å². The minimum absolute atomic E-state index is 0.267. The highest BCUT2D eigenvalue weighted by molar-refractivity contribution is 5.81. The van der Waals surface area contributed by atoms with Crippen LogP contribution in [0.25, 0.3) is 0 Å². The third-order valence-corrected chi connectivity index (χ3v) is 1.64. The van der Waals surface area contributed by atoms with E-state index in [-0.39, 0.29) is 6.42 Å². The van der Waals surface area contributed by atoms with Crippen LogP contribution in [0.2, 0.25) is 0 Å². The molecule has 0 aromatic carbocycles. The second-order valence-corrected chi connectivity index (χ2v) is 2.99. The lowest BCUT2D eigenvalue weighted by atomic mass is 10.1. The normalized spacial score (nSPS) is 12.5. The van der Waals surface area contributed by atoms with Crippen LogP contribution in [0.15, 0.2) is 0 Å². The Morgan fingerprint density at radius 3 is 2.21 bits per heavy atom. The molecule has 0 unspecified atom stereocenters. The van der Waals surface area contributed by atoms with Crippen molar-refractivity contribution in [2.75, 3.05) is 0 Å². The van der Waals surface area contributed by atoms with Gasteiger partial charge < -0.3 is 27.6 Å². The minimum atomic E-state index is -1.12. The molecule has 0 aromatic heterocycles. The summed E-state index contributed by atoms with van der Waals surface area (Å²) in [6.45, 7) is 0. The first-order valence-corrected chi connectivity index (χ1v) is 4.23. The fraction of sp³-hybridized carbons (Fsp3) is 0.714. The van der Waals surface area contributed by atoms with E-state index in [1.165, 1.54) is 0 Å². The van der Waals surface area contributed by atoms with Crippen LogP contribution < -0.4 is 22.5 Å². The van der Waals surface area contributed by atoms with Gasteiger partial charge in [0.15, 0.2) is 0 Å². The monoisotopic (exact) mass is 204 g/mol. The quantitative estimate of drug-likeness (QED) is 0.335. The molecule has 0 aliphatic rings. The average molecular weight is 204 g/mol. The van der Waals surface area contributed by atoms with Gasteiger partial charge in [-0.05, 0) is 19.3 Å². The van der Waals surface area contributed by atoms with Gasteiger partial charge in [-0.15, -0.1) is 0 Å². The zero-order chi connectivity index (χ0) is 11.1. The number of carboxylic acids is 1. The van der Waals surface area contributed by atoms with E-state index >= 15 is 0 Å². The van der Waals surface area contributed by atoms with Crippen LogP contribution in [0.5, 0.6) is 0 Å². The number of carbonyl (C=O) groups excluding carboxylic acids is 1. The summed E-state index contributed by atoms with van der Waals surface area (Å²) in [7, 11) is 0. The van der Waals surface area contributed by atoms with Crippen molar-refractivity contribution in [2.45, 2.75) is 31.5 Å². The lowest BCUT2D eigenvalue weighted by Crippen LogP contribution is -2.43. The third kappa shape index (κ3) is 6.21. The molecule has 0 aromatic rings. The molecule has 0 heterocycles. The number of aliphatic carboxylic acids is 1. The summed E-state index contributed by atoms with van der Waals surface area (Å²) in [5, 5.41) is 10.8. The number of nitrogens with two attached hydrogens (primary N) is 3. The Hall–Kier alpha value is -1.34. The number of urea groups is 1. The van der Waals surface area contributed by atoms with E-state index in [4.69, 9.17) is 22.3 Å². The van der Waals surface area contributed by atoms with Crippen molar-refractivity contribution < 1.29 is 14.7 Å². The Morgan fingerprint density at radius 2 is 1.86 bits per heavy atom. The first kappa shape index (κ1) is 12.7. The first-order valence-electron chi connectivity index (χ1n) is 4.23. The van der Waals surface area contributed by atoms with Crippen LogP contribution in [0.4, 0.5) is 4.79 Å². The maximum atomic E-state index is 10.6. The van der Waals surface area contributed by atoms with Crippen LogP contribution in [-0.2, 0) is 4.79 Å². The molecule has 0 radical (unpaired) electrons. The van der Waals surface area contributed by atoms with Gasteiger partial charge in [0.25, 0.3) is 0 Å². The van der Waals surface area contributed by atoms with Crippen molar-refractivity contribution in [2.24, 2.45) is 17.2 Å². The largest absolute Gasteiger partial charge is 0.480 e. The van der Waals surface area contributed by atoms with E-state index < -0.39 is 24.2 Å². The molecule has 7 heteroatoms. The summed E-state index contributed by atoms with van der Waals surface area (Å²) in [4.78, 5) is 21.0. The zero-order valence-corrected chi connectivity index (χ0v) is 7.77. The lowest BCUT2D eigenvalue weighted by Gasteiger charge is -2.13. The van der Waals surface area contributed by atoms with Gasteiger partial charge in [0.2, 0.25) is 0 Å². The summed E-state index contributed by atoms with van der Waals surface area (Å²) in [5.74, 6) is -1.12. The van der Waals surface area contributed by atoms with Gasteiger partial charge in [-0.25, -0.2) is 9.59 Å². The molecule has 0 aliphatic heterocycles. The molecule has 0 bridgehead atoms. The lowest BCUT2D eigenvalue weighted by molar-refractivity contribution is -0.139. The predicted octanol–water partition coefficient (Wildman–Crippen LogP) is -1.48. The van der Waals surface area contributed by atoms with Gasteiger partial charge in [-0.3, -0.25) is 0 Å². The van der Waals surface area contributed by atoms with Crippen molar-refractivity contribution in [1.29, 1.82) is 0 Å². The number of carbonyl (C=O) groups is 2. The van der Waals surface area contributed by atoms with Crippen molar-refractivity contribution in [3.63, 3.8) is 0 Å². The second-order valence-electron chi connectivity index (χ2n) is 2.99. The van der Waals surface area contributed by atoms with Gasteiger partial charge >= 0.3 is 12.0 Å². The molecule has 1 atom stereocenters. The molecule has 0 rings (SSSR count). The van der Waals surface area contributed by atoms with Gasteiger partial charge in [-0.2, -0.15) is 0 Å². The van der Waals surface area contributed by atoms with Crippen LogP contribution in [-0.4, -0.2) is 29.3 Å². The Kier molecular flexibility index (Phi) is 5.58. The number of primary amides is 1. The van der Waals surface area contributed by atoms with Crippen molar-refractivity contribution in [1.82, 2.24) is 5.32 Å². The molecule has 0 fully saturated rings. The standard InChI is InChI=1S/C7H16N4O3/c8-5(9)3-1-2-4(6(12)13)11-7(10)14/h4-5H,1-3,8-9H2,(H,12,13)(H3,10,11,14)/t4-/m0/s1. The van der Waals surface area contributed by atoms with E-state index in [9.17, 15) is 9.59 Å². The van der Waals surface area contributed by atoms with Crippen molar-refractivity contribution in [3.8, 4) is 0 Å². The summed E-state index contributed by atoms with van der Waals surface area (Å²) in [6.07, 6.45) is 0.834. The molecular weight excluding hydrogens is 188 g/mol. The molecule has 0 spiro atoms. The number of carboxylic acid groups (broad SMARTS) is 1. The van der Waals surface area contributed by atoms with E-state index in [1.807, 2.05) is 0 Å². The smallest absolute Gasteiger partial charge is 0.326 e.